The number of aryl methyl sites for hydroxylation is 2. The molecule has 1 heterocycles. The van der Waals surface area contributed by atoms with E-state index in [0.29, 0.717) is 22.4 Å². The first-order chi connectivity index (χ1) is 13.0. The fourth-order valence-electron chi connectivity index (χ4n) is 2.63. The number of carbonyl (C=O) groups is 1. The van der Waals surface area contributed by atoms with Crippen LogP contribution in [-0.2, 0) is 0 Å². The first-order valence-electron chi connectivity index (χ1n) is 8.29. The van der Waals surface area contributed by atoms with Crippen molar-refractivity contribution in [2.75, 3.05) is 17.7 Å². The molecule has 0 spiro atoms. The number of nitrogens with one attached hydrogen (secondary N) is 2. The molecule has 1 aromatic heterocycles. The van der Waals surface area contributed by atoms with Crippen molar-refractivity contribution in [3.63, 3.8) is 0 Å². The fraction of sp³-hybridized carbons (Fsp3) is 0.150. The summed E-state index contributed by atoms with van der Waals surface area (Å²) in [6.45, 7) is 3.99. The second kappa shape index (κ2) is 8.05. The molecule has 7 heteroatoms. The standard InChI is InChI=1S/C20H19ClN4O2/c1-12-5-4-6-13(2)18(12)25-20-22-10-9-15(24-20)19(26)23-16-11-14(21)7-8-17(16)27-3/h4-11H,1-3H3,(H,23,26)(H,22,24,25). The predicted octanol–water partition coefficient (Wildman–Crippen LogP) is 4.75. The number of amides is 1. The maximum Gasteiger partial charge on any atom is 0.274 e. The van der Waals surface area contributed by atoms with Crippen LogP contribution in [0.5, 0.6) is 5.75 Å². The Kier molecular flexibility index (Phi) is 5.57. The van der Waals surface area contributed by atoms with E-state index in [-0.39, 0.29) is 11.6 Å². The number of rotatable bonds is 5. The van der Waals surface area contributed by atoms with E-state index < -0.39 is 0 Å². The van der Waals surface area contributed by atoms with Crippen LogP contribution >= 0.6 is 11.6 Å². The molecule has 3 rings (SSSR count). The van der Waals surface area contributed by atoms with E-state index in [9.17, 15) is 4.79 Å². The average molecular weight is 383 g/mol. The highest BCUT2D eigenvalue weighted by atomic mass is 35.5. The Morgan fingerprint density at radius 2 is 1.85 bits per heavy atom. The van der Waals surface area contributed by atoms with E-state index in [0.717, 1.165) is 16.8 Å². The van der Waals surface area contributed by atoms with Crippen LogP contribution in [0.3, 0.4) is 0 Å². The summed E-state index contributed by atoms with van der Waals surface area (Å²) in [6, 6.07) is 12.5. The molecule has 0 atom stereocenters. The summed E-state index contributed by atoms with van der Waals surface area (Å²) in [7, 11) is 1.52. The molecule has 0 radical (unpaired) electrons. The Balaban J connectivity index is 1.83. The van der Waals surface area contributed by atoms with E-state index in [2.05, 4.69) is 20.6 Å². The summed E-state index contributed by atoms with van der Waals surface area (Å²) in [6.07, 6.45) is 1.53. The minimum Gasteiger partial charge on any atom is -0.495 e. The molecule has 138 valence electrons. The van der Waals surface area contributed by atoms with Crippen molar-refractivity contribution in [3.05, 3.63) is 70.5 Å². The first-order valence-corrected chi connectivity index (χ1v) is 8.67. The number of carbonyl (C=O) groups excluding carboxylic acids is 1. The molecular formula is C20H19ClN4O2. The van der Waals surface area contributed by atoms with Gasteiger partial charge in [0.2, 0.25) is 5.95 Å². The summed E-state index contributed by atoms with van der Waals surface area (Å²) in [5, 5.41) is 6.44. The maximum atomic E-state index is 12.6. The van der Waals surface area contributed by atoms with Gasteiger partial charge in [0.15, 0.2) is 0 Å². The molecule has 0 saturated carbocycles. The molecule has 2 N–H and O–H groups in total. The van der Waals surface area contributed by atoms with Gasteiger partial charge in [0.25, 0.3) is 5.91 Å². The second-order valence-electron chi connectivity index (χ2n) is 5.96. The summed E-state index contributed by atoms with van der Waals surface area (Å²) < 4.78 is 5.25. The van der Waals surface area contributed by atoms with Crippen LogP contribution in [0.1, 0.15) is 21.6 Å². The molecule has 1 amide bonds. The van der Waals surface area contributed by atoms with Crippen molar-refractivity contribution in [2.24, 2.45) is 0 Å². The Morgan fingerprint density at radius 3 is 2.56 bits per heavy atom. The Hall–Kier alpha value is -3.12. The number of para-hydroxylation sites is 1. The van der Waals surface area contributed by atoms with E-state index in [1.54, 1.807) is 24.3 Å². The lowest BCUT2D eigenvalue weighted by atomic mass is 10.1. The molecular weight excluding hydrogens is 364 g/mol. The van der Waals surface area contributed by atoms with Crippen LogP contribution in [-0.4, -0.2) is 23.0 Å². The highest BCUT2D eigenvalue weighted by Gasteiger charge is 2.13. The minimum atomic E-state index is -0.387. The molecule has 0 bridgehead atoms. The van der Waals surface area contributed by atoms with E-state index >= 15 is 0 Å². The molecule has 0 unspecified atom stereocenters. The Morgan fingerprint density at radius 1 is 1.11 bits per heavy atom. The van der Waals surface area contributed by atoms with Gasteiger partial charge in [0.05, 0.1) is 12.8 Å². The molecule has 6 nitrogen and oxygen atoms in total. The lowest BCUT2D eigenvalue weighted by Gasteiger charge is -2.12. The summed E-state index contributed by atoms with van der Waals surface area (Å²) in [5.74, 6) is 0.469. The van der Waals surface area contributed by atoms with Crippen molar-refractivity contribution in [1.82, 2.24) is 9.97 Å². The van der Waals surface area contributed by atoms with Crippen LogP contribution < -0.4 is 15.4 Å². The SMILES string of the molecule is COc1ccc(Cl)cc1NC(=O)c1ccnc(Nc2c(C)cccc2C)n1. The van der Waals surface area contributed by atoms with Crippen molar-refractivity contribution in [1.29, 1.82) is 0 Å². The van der Waals surface area contributed by atoms with Gasteiger partial charge in [0.1, 0.15) is 11.4 Å². The minimum absolute atomic E-state index is 0.223. The topological polar surface area (TPSA) is 76.1 Å². The van der Waals surface area contributed by atoms with Gasteiger partial charge in [-0.2, -0.15) is 0 Å². The fourth-order valence-corrected chi connectivity index (χ4v) is 2.81. The number of hydrogen-bond donors (Lipinski definition) is 2. The third kappa shape index (κ3) is 4.35. The largest absolute Gasteiger partial charge is 0.495 e. The van der Waals surface area contributed by atoms with Gasteiger partial charge in [-0.1, -0.05) is 29.8 Å². The van der Waals surface area contributed by atoms with Crippen LogP contribution in [0.15, 0.2) is 48.7 Å². The zero-order valence-electron chi connectivity index (χ0n) is 15.2. The lowest BCUT2D eigenvalue weighted by Crippen LogP contribution is -2.15. The average Bonchev–Trinajstić information content (AvgIpc) is 2.65. The van der Waals surface area contributed by atoms with Crippen molar-refractivity contribution >= 4 is 34.8 Å². The number of hydrogen-bond acceptors (Lipinski definition) is 5. The molecule has 0 aliphatic carbocycles. The number of halogens is 1. The van der Waals surface area contributed by atoms with Crippen molar-refractivity contribution in [2.45, 2.75) is 13.8 Å². The van der Waals surface area contributed by atoms with Gasteiger partial charge >= 0.3 is 0 Å². The highest BCUT2D eigenvalue weighted by Crippen LogP contribution is 2.28. The molecule has 0 aliphatic rings. The van der Waals surface area contributed by atoms with Crippen molar-refractivity contribution < 1.29 is 9.53 Å². The van der Waals surface area contributed by atoms with Crippen LogP contribution in [0.2, 0.25) is 5.02 Å². The number of benzene rings is 2. The number of methoxy groups -OCH3 is 1. The molecule has 3 aromatic rings. The second-order valence-corrected chi connectivity index (χ2v) is 6.39. The summed E-state index contributed by atoms with van der Waals surface area (Å²) in [5.41, 5.74) is 3.75. The molecule has 0 saturated heterocycles. The third-order valence-electron chi connectivity index (χ3n) is 4.02. The number of ether oxygens (including phenoxy) is 1. The van der Waals surface area contributed by atoms with Gasteiger partial charge in [-0.25, -0.2) is 9.97 Å². The highest BCUT2D eigenvalue weighted by molar-refractivity contribution is 6.31. The Bertz CT molecular complexity index is 971. The normalized spacial score (nSPS) is 10.4. The van der Waals surface area contributed by atoms with E-state index in [1.807, 2.05) is 32.0 Å². The smallest absolute Gasteiger partial charge is 0.274 e. The molecule has 0 fully saturated rings. The van der Waals surface area contributed by atoms with Gasteiger partial charge in [-0.05, 0) is 49.2 Å². The summed E-state index contributed by atoms with van der Waals surface area (Å²) in [4.78, 5) is 21.1. The van der Waals surface area contributed by atoms with E-state index in [1.165, 1.54) is 13.3 Å². The molecule has 2 aromatic carbocycles. The van der Waals surface area contributed by atoms with Crippen molar-refractivity contribution in [3.8, 4) is 5.75 Å². The first kappa shape index (κ1) is 18.7. The number of anilines is 3. The third-order valence-corrected chi connectivity index (χ3v) is 4.25. The summed E-state index contributed by atoms with van der Waals surface area (Å²) >= 11 is 6.01. The van der Waals surface area contributed by atoms with Gasteiger partial charge < -0.3 is 15.4 Å². The molecule has 0 aliphatic heterocycles. The lowest BCUT2D eigenvalue weighted by molar-refractivity contribution is 0.102. The zero-order chi connectivity index (χ0) is 19.4. The Labute approximate surface area is 162 Å². The zero-order valence-corrected chi connectivity index (χ0v) is 16.0. The van der Waals surface area contributed by atoms with E-state index in [4.69, 9.17) is 16.3 Å². The van der Waals surface area contributed by atoms with Crippen LogP contribution in [0, 0.1) is 13.8 Å². The van der Waals surface area contributed by atoms with Gasteiger partial charge in [-0.3, -0.25) is 4.79 Å². The van der Waals surface area contributed by atoms with Crippen LogP contribution in [0.25, 0.3) is 0 Å². The number of nitrogens with zero attached hydrogens (tertiary/aromatic N) is 2. The maximum absolute atomic E-state index is 12.6. The predicted molar refractivity (Wildman–Crippen MR) is 107 cm³/mol. The van der Waals surface area contributed by atoms with Crippen LogP contribution in [0.4, 0.5) is 17.3 Å². The monoisotopic (exact) mass is 382 g/mol. The quantitative estimate of drug-likeness (QED) is 0.665. The van der Waals surface area contributed by atoms with Gasteiger partial charge in [-0.15, -0.1) is 0 Å². The van der Waals surface area contributed by atoms with Gasteiger partial charge in [0, 0.05) is 16.9 Å². The molecule has 27 heavy (non-hydrogen) atoms. The number of aromatic nitrogens is 2.